The van der Waals surface area contributed by atoms with Gasteiger partial charge in [0.15, 0.2) is 0 Å². The second-order valence-corrected chi connectivity index (χ2v) is 4.26. The Kier molecular flexibility index (Phi) is 6.93. The molecule has 78 valence electrons. The molecular weight excluding hydrogens is 160 g/mol. The van der Waals surface area contributed by atoms with Crippen LogP contribution in [0, 0.1) is 17.8 Å². The molecule has 0 aromatic heterocycles. The van der Waals surface area contributed by atoms with Crippen molar-refractivity contribution in [3.63, 3.8) is 0 Å². The summed E-state index contributed by atoms with van der Waals surface area (Å²) in [6.45, 7) is 8.78. The first-order valence-electron chi connectivity index (χ1n) is 5.62. The third-order valence-corrected chi connectivity index (χ3v) is 2.94. The van der Waals surface area contributed by atoms with Crippen molar-refractivity contribution >= 4 is 6.29 Å². The normalized spacial score (nSPS) is 15.8. The van der Waals surface area contributed by atoms with Crippen LogP contribution in [0.5, 0.6) is 0 Å². The molecule has 0 amide bonds. The summed E-state index contributed by atoms with van der Waals surface area (Å²) >= 11 is 0. The van der Waals surface area contributed by atoms with Gasteiger partial charge in [0.05, 0.1) is 0 Å². The molecular formula is C12H24O. The zero-order chi connectivity index (χ0) is 10.3. The van der Waals surface area contributed by atoms with E-state index in [1.165, 1.54) is 19.3 Å². The van der Waals surface area contributed by atoms with Gasteiger partial charge in [-0.1, -0.05) is 40.5 Å². The van der Waals surface area contributed by atoms with Gasteiger partial charge in [-0.2, -0.15) is 0 Å². The summed E-state index contributed by atoms with van der Waals surface area (Å²) < 4.78 is 0. The molecule has 0 saturated carbocycles. The molecule has 0 aromatic carbocycles. The Morgan fingerprint density at radius 3 is 2.15 bits per heavy atom. The van der Waals surface area contributed by atoms with Crippen LogP contribution < -0.4 is 0 Å². The highest BCUT2D eigenvalue weighted by molar-refractivity contribution is 5.53. The summed E-state index contributed by atoms with van der Waals surface area (Å²) in [4.78, 5) is 10.8. The van der Waals surface area contributed by atoms with Crippen LogP contribution in [0.25, 0.3) is 0 Å². The predicted molar refractivity (Wildman–Crippen MR) is 57.7 cm³/mol. The van der Waals surface area contributed by atoms with Gasteiger partial charge in [-0.3, -0.25) is 0 Å². The molecule has 0 fully saturated rings. The van der Waals surface area contributed by atoms with Crippen molar-refractivity contribution in [2.45, 2.75) is 53.4 Å². The average Bonchev–Trinajstić information content (AvgIpc) is 2.11. The molecule has 0 saturated heterocycles. The highest BCUT2D eigenvalue weighted by Gasteiger charge is 2.21. The highest BCUT2D eigenvalue weighted by atomic mass is 16.1. The minimum atomic E-state index is 0.284. The van der Waals surface area contributed by atoms with Crippen molar-refractivity contribution in [3.8, 4) is 0 Å². The van der Waals surface area contributed by atoms with E-state index >= 15 is 0 Å². The fourth-order valence-corrected chi connectivity index (χ4v) is 1.98. The summed E-state index contributed by atoms with van der Waals surface area (Å²) in [7, 11) is 0. The van der Waals surface area contributed by atoms with Gasteiger partial charge >= 0.3 is 0 Å². The molecule has 0 bridgehead atoms. The molecule has 0 N–H and O–H groups in total. The largest absolute Gasteiger partial charge is 0.303 e. The minimum Gasteiger partial charge on any atom is -0.303 e. The molecule has 0 aliphatic rings. The zero-order valence-corrected chi connectivity index (χ0v) is 9.55. The molecule has 0 aliphatic heterocycles. The Bertz CT molecular complexity index is 129. The number of rotatable bonds is 7. The van der Waals surface area contributed by atoms with Gasteiger partial charge in [-0.15, -0.1) is 0 Å². The summed E-state index contributed by atoms with van der Waals surface area (Å²) in [5.74, 6) is 1.52. The molecule has 0 heterocycles. The van der Waals surface area contributed by atoms with Crippen molar-refractivity contribution in [2.75, 3.05) is 0 Å². The first-order valence-corrected chi connectivity index (χ1v) is 5.62. The number of hydrogen-bond donors (Lipinski definition) is 0. The lowest BCUT2D eigenvalue weighted by atomic mass is 9.79. The minimum absolute atomic E-state index is 0.284. The number of hydrogen-bond acceptors (Lipinski definition) is 1. The van der Waals surface area contributed by atoms with Crippen LogP contribution >= 0.6 is 0 Å². The SMILES string of the molecule is CCCC[C@@H](C(C)C)[C@H](C=O)CC. The number of carbonyl (C=O) groups is 1. The lowest BCUT2D eigenvalue weighted by molar-refractivity contribution is -0.113. The second-order valence-electron chi connectivity index (χ2n) is 4.26. The molecule has 1 nitrogen and oxygen atoms in total. The Hall–Kier alpha value is -0.330. The van der Waals surface area contributed by atoms with E-state index in [1.807, 2.05) is 0 Å². The molecule has 13 heavy (non-hydrogen) atoms. The smallest absolute Gasteiger partial charge is 0.123 e. The van der Waals surface area contributed by atoms with Crippen LogP contribution in [-0.4, -0.2) is 6.29 Å². The van der Waals surface area contributed by atoms with Crippen LogP contribution in [0.15, 0.2) is 0 Å². The summed E-state index contributed by atoms with van der Waals surface area (Å²) in [6.07, 6.45) is 5.85. The molecule has 0 unspecified atom stereocenters. The van der Waals surface area contributed by atoms with Crippen molar-refractivity contribution in [1.29, 1.82) is 0 Å². The van der Waals surface area contributed by atoms with Crippen molar-refractivity contribution in [1.82, 2.24) is 0 Å². The number of carbonyl (C=O) groups excluding carboxylic acids is 1. The van der Waals surface area contributed by atoms with Crippen molar-refractivity contribution in [2.24, 2.45) is 17.8 Å². The summed E-state index contributed by atoms with van der Waals surface area (Å²) in [5.41, 5.74) is 0. The van der Waals surface area contributed by atoms with Gasteiger partial charge in [-0.25, -0.2) is 0 Å². The first kappa shape index (κ1) is 12.7. The maximum absolute atomic E-state index is 10.8. The molecule has 0 rings (SSSR count). The molecule has 2 atom stereocenters. The number of aldehydes is 1. The van der Waals surface area contributed by atoms with Crippen LogP contribution in [0.3, 0.4) is 0 Å². The van der Waals surface area contributed by atoms with E-state index in [0.717, 1.165) is 12.7 Å². The molecule has 0 aromatic rings. The van der Waals surface area contributed by atoms with Gasteiger partial charge in [0.25, 0.3) is 0 Å². The van der Waals surface area contributed by atoms with Gasteiger partial charge in [0.1, 0.15) is 6.29 Å². The van der Waals surface area contributed by atoms with Crippen molar-refractivity contribution in [3.05, 3.63) is 0 Å². The van der Waals surface area contributed by atoms with E-state index in [9.17, 15) is 4.79 Å². The standard InChI is InChI=1S/C12H24O/c1-5-7-8-12(10(3)4)11(6-2)9-13/h9-12H,5-8H2,1-4H3/t11-,12-/m0/s1. The van der Waals surface area contributed by atoms with E-state index in [4.69, 9.17) is 0 Å². The van der Waals surface area contributed by atoms with Gasteiger partial charge in [0, 0.05) is 5.92 Å². The molecule has 0 spiro atoms. The monoisotopic (exact) mass is 184 g/mol. The van der Waals surface area contributed by atoms with E-state index in [-0.39, 0.29) is 5.92 Å². The van der Waals surface area contributed by atoms with Gasteiger partial charge in [-0.05, 0) is 24.7 Å². The summed E-state index contributed by atoms with van der Waals surface area (Å²) in [5, 5.41) is 0. The van der Waals surface area contributed by atoms with Crippen LogP contribution in [0.4, 0.5) is 0 Å². The predicted octanol–water partition coefficient (Wildman–Crippen LogP) is 3.67. The Labute approximate surface area is 82.9 Å². The highest BCUT2D eigenvalue weighted by Crippen LogP contribution is 2.27. The molecule has 1 heteroatoms. The van der Waals surface area contributed by atoms with E-state index < -0.39 is 0 Å². The van der Waals surface area contributed by atoms with Crippen molar-refractivity contribution < 1.29 is 4.79 Å². The lowest BCUT2D eigenvalue weighted by Gasteiger charge is -2.25. The van der Waals surface area contributed by atoms with Crippen LogP contribution in [0.2, 0.25) is 0 Å². The lowest BCUT2D eigenvalue weighted by Crippen LogP contribution is -2.21. The first-order chi connectivity index (χ1) is 6.17. The second kappa shape index (κ2) is 7.11. The fraction of sp³-hybridized carbons (Fsp3) is 0.917. The maximum Gasteiger partial charge on any atom is 0.123 e. The van der Waals surface area contributed by atoms with Crippen LogP contribution in [0.1, 0.15) is 53.4 Å². The third kappa shape index (κ3) is 4.44. The van der Waals surface area contributed by atoms with E-state index in [2.05, 4.69) is 27.7 Å². The van der Waals surface area contributed by atoms with Crippen LogP contribution in [-0.2, 0) is 4.79 Å². The quantitative estimate of drug-likeness (QED) is 0.552. The topological polar surface area (TPSA) is 17.1 Å². The zero-order valence-electron chi connectivity index (χ0n) is 9.55. The fourth-order valence-electron chi connectivity index (χ4n) is 1.98. The molecule has 0 aliphatic carbocycles. The summed E-state index contributed by atoms with van der Waals surface area (Å²) in [6, 6.07) is 0. The average molecular weight is 184 g/mol. The van der Waals surface area contributed by atoms with Gasteiger partial charge < -0.3 is 4.79 Å². The Morgan fingerprint density at radius 1 is 1.23 bits per heavy atom. The molecule has 0 radical (unpaired) electrons. The van der Waals surface area contributed by atoms with E-state index in [1.54, 1.807) is 0 Å². The maximum atomic E-state index is 10.8. The Balaban J connectivity index is 4.12. The number of unbranched alkanes of at least 4 members (excludes halogenated alkanes) is 1. The Morgan fingerprint density at radius 2 is 1.85 bits per heavy atom. The van der Waals surface area contributed by atoms with E-state index in [0.29, 0.717) is 11.8 Å². The van der Waals surface area contributed by atoms with Gasteiger partial charge in [0.2, 0.25) is 0 Å². The third-order valence-electron chi connectivity index (χ3n) is 2.94.